The fourth-order valence-electron chi connectivity index (χ4n) is 2.43. The zero-order chi connectivity index (χ0) is 14.7. The maximum absolute atomic E-state index is 12.4. The third kappa shape index (κ3) is 3.66. The average molecular weight is 296 g/mol. The van der Waals surface area contributed by atoms with Crippen molar-refractivity contribution in [2.45, 2.75) is 38.7 Å². The van der Waals surface area contributed by atoms with Gasteiger partial charge in [0.2, 0.25) is 0 Å². The highest BCUT2D eigenvalue weighted by Gasteiger charge is 2.27. The number of ether oxygens (including phenoxy) is 1. The highest BCUT2D eigenvalue weighted by atomic mass is 35.5. The number of rotatable bonds is 3. The lowest BCUT2D eigenvalue weighted by Gasteiger charge is -2.34. The lowest BCUT2D eigenvalue weighted by molar-refractivity contribution is 0.0687. The second-order valence-electron chi connectivity index (χ2n) is 5.72. The van der Waals surface area contributed by atoms with E-state index >= 15 is 0 Å². The molecule has 1 aliphatic heterocycles. The van der Waals surface area contributed by atoms with E-state index in [0.29, 0.717) is 11.5 Å². The Morgan fingerprint density at radius 1 is 1.35 bits per heavy atom. The number of carbonyl (C=O) groups is 1. The van der Waals surface area contributed by atoms with E-state index in [2.05, 4.69) is 6.92 Å². The maximum atomic E-state index is 12.4. The number of hydrogen-bond acceptors (Lipinski definition) is 2. The number of piperidine rings is 1. The minimum Gasteiger partial charge on any atom is -0.491 e. The Morgan fingerprint density at radius 2 is 2.00 bits per heavy atom. The molecule has 1 aliphatic rings. The molecule has 0 bridgehead atoms. The zero-order valence-corrected chi connectivity index (χ0v) is 13.1. The summed E-state index contributed by atoms with van der Waals surface area (Å²) in [4.78, 5) is 14.3. The monoisotopic (exact) mass is 295 g/mol. The first-order chi connectivity index (χ1) is 9.47. The van der Waals surface area contributed by atoms with Gasteiger partial charge in [-0.05, 0) is 50.5 Å². The molecular formula is C16H22ClNO2. The largest absolute Gasteiger partial charge is 0.491 e. The Morgan fingerprint density at radius 3 is 2.55 bits per heavy atom. The standard InChI is InChI=1S/C16H22ClNO2/c1-11(2)20-14-6-4-13(5-7-14)16(19)18-9-8-15(17)12(3)10-18/h4-7,11-12,15H,8-10H2,1-3H3. The third-order valence-corrected chi connectivity index (χ3v) is 4.21. The molecule has 1 saturated heterocycles. The van der Waals surface area contributed by atoms with Crippen LogP contribution in [0.1, 0.15) is 37.6 Å². The van der Waals surface area contributed by atoms with Gasteiger partial charge >= 0.3 is 0 Å². The summed E-state index contributed by atoms with van der Waals surface area (Å²) in [5.41, 5.74) is 0.710. The molecular weight excluding hydrogens is 274 g/mol. The molecule has 110 valence electrons. The average Bonchev–Trinajstić information content (AvgIpc) is 2.41. The van der Waals surface area contributed by atoms with Crippen LogP contribution in [-0.2, 0) is 0 Å². The van der Waals surface area contributed by atoms with E-state index in [1.807, 2.05) is 43.0 Å². The van der Waals surface area contributed by atoms with Gasteiger partial charge in [0.1, 0.15) is 5.75 Å². The number of halogens is 1. The van der Waals surface area contributed by atoms with Crippen LogP contribution < -0.4 is 4.74 Å². The fraction of sp³-hybridized carbons (Fsp3) is 0.562. The lowest BCUT2D eigenvalue weighted by atomic mass is 9.99. The van der Waals surface area contributed by atoms with E-state index in [-0.39, 0.29) is 17.4 Å². The molecule has 4 heteroatoms. The van der Waals surface area contributed by atoms with Crippen LogP contribution in [-0.4, -0.2) is 35.4 Å². The molecule has 0 saturated carbocycles. The van der Waals surface area contributed by atoms with Gasteiger partial charge in [-0.25, -0.2) is 0 Å². The van der Waals surface area contributed by atoms with Crippen molar-refractivity contribution in [3.05, 3.63) is 29.8 Å². The van der Waals surface area contributed by atoms with Gasteiger partial charge in [-0.1, -0.05) is 6.92 Å². The first kappa shape index (κ1) is 15.2. The molecule has 1 fully saturated rings. The Bertz CT molecular complexity index is 458. The zero-order valence-electron chi connectivity index (χ0n) is 12.3. The molecule has 2 rings (SSSR count). The molecule has 20 heavy (non-hydrogen) atoms. The Hall–Kier alpha value is -1.22. The SMILES string of the molecule is CC(C)Oc1ccc(C(=O)N2CCC(Cl)C(C)C2)cc1. The molecule has 2 atom stereocenters. The number of carbonyl (C=O) groups excluding carboxylic acids is 1. The molecule has 1 aromatic rings. The van der Waals surface area contributed by atoms with Crippen molar-refractivity contribution in [1.82, 2.24) is 4.90 Å². The van der Waals surface area contributed by atoms with Crippen molar-refractivity contribution >= 4 is 17.5 Å². The van der Waals surface area contributed by atoms with Gasteiger partial charge in [0.05, 0.1) is 6.10 Å². The van der Waals surface area contributed by atoms with Gasteiger partial charge < -0.3 is 9.64 Å². The molecule has 1 heterocycles. The number of hydrogen-bond donors (Lipinski definition) is 0. The van der Waals surface area contributed by atoms with Gasteiger partial charge in [-0.15, -0.1) is 11.6 Å². The number of nitrogens with zero attached hydrogens (tertiary/aromatic N) is 1. The second kappa shape index (κ2) is 6.49. The van der Waals surface area contributed by atoms with Gasteiger partial charge in [0.15, 0.2) is 0 Å². The number of amides is 1. The van der Waals surface area contributed by atoms with Gasteiger partial charge in [0, 0.05) is 24.0 Å². The van der Waals surface area contributed by atoms with Crippen LogP contribution in [0.5, 0.6) is 5.75 Å². The van der Waals surface area contributed by atoms with Crippen LogP contribution in [0, 0.1) is 5.92 Å². The molecule has 1 aromatic carbocycles. The topological polar surface area (TPSA) is 29.5 Å². The summed E-state index contributed by atoms with van der Waals surface area (Å²) in [5.74, 6) is 1.22. The summed E-state index contributed by atoms with van der Waals surface area (Å²) >= 11 is 6.20. The molecule has 0 spiro atoms. The van der Waals surface area contributed by atoms with E-state index in [1.54, 1.807) is 0 Å². The van der Waals surface area contributed by atoms with E-state index < -0.39 is 0 Å². The van der Waals surface area contributed by atoms with Crippen molar-refractivity contribution in [2.24, 2.45) is 5.92 Å². The van der Waals surface area contributed by atoms with Crippen LogP contribution in [0.15, 0.2) is 24.3 Å². The van der Waals surface area contributed by atoms with Gasteiger partial charge in [0.25, 0.3) is 5.91 Å². The van der Waals surface area contributed by atoms with Crippen LogP contribution in [0.2, 0.25) is 0 Å². The van der Waals surface area contributed by atoms with Crippen LogP contribution >= 0.6 is 11.6 Å². The van der Waals surface area contributed by atoms with Gasteiger partial charge in [-0.3, -0.25) is 4.79 Å². The van der Waals surface area contributed by atoms with Gasteiger partial charge in [-0.2, -0.15) is 0 Å². The molecule has 0 aromatic heterocycles. The van der Waals surface area contributed by atoms with Crippen LogP contribution in [0.3, 0.4) is 0 Å². The summed E-state index contributed by atoms with van der Waals surface area (Å²) in [5, 5.41) is 0.181. The summed E-state index contributed by atoms with van der Waals surface area (Å²) in [6.45, 7) is 7.53. The summed E-state index contributed by atoms with van der Waals surface area (Å²) in [7, 11) is 0. The summed E-state index contributed by atoms with van der Waals surface area (Å²) in [6, 6.07) is 7.37. The minimum atomic E-state index is 0.0801. The number of likely N-dealkylation sites (tertiary alicyclic amines) is 1. The normalized spacial score (nSPS) is 22.9. The highest BCUT2D eigenvalue weighted by Crippen LogP contribution is 2.23. The first-order valence-corrected chi connectivity index (χ1v) is 7.61. The first-order valence-electron chi connectivity index (χ1n) is 7.17. The van der Waals surface area contributed by atoms with Crippen molar-refractivity contribution in [2.75, 3.05) is 13.1 Å². The van der Waals surface area contributed by atoms with E-state index in [1.165, 1.54) is 0 Å². The molecule has 2 unspecified atom stereocenters. The maximum Gasteiger partial charge on any atom is 0.253 e. The second-order valence-corrected chi connectivity index (χ2v) is 6.28. The molecule has 0 radical (unpaired) electrons. The van der Waals surface area contributed by atoms with E-state index in [4.69, 9.17) is 16.3 Å². The van der Waals surface area contributed by atoms with Crippen molar-refractivity contribution in [3.63, 3.8) is 0 Å². The molecule has 0 aliphatic carbocycles. The van der Waals surface area contributed by atoms with E-state index in [0.717, 1.165) is 25.3 Å². The molecule has 3 nitrogen and oxygen atoms in total. The number of alkyl halides is 1. The predicted octanol–water partition coefficient (Wildman–Crippen LogP) is 3.56. The van der Waals surface area contributed by atoms with Crippen LogP contribution in [0.4, 0.5) is 0 Å². The minimum absolute atomic E-state index is 0.0801. The van der Waals surface area contributed by atoms with Crippen molar-refractivity contribution in [1.29, 1.82) is 0 Å². The summed E-state index contributed by atoms with van der Waals surface area (Å²) < 4.78 is 5.58. The smallest absolute Gasteiger partial charge is 0.253 e. The van der Waals surface area contributed by atoms with Crippen LogP contribution in [0.25, 0.3) is 0 Å². The highest BCUT2D eigenvalue weighted by molar-refractivity contribution is 6.20. The molecule has 1 amide bonds. The predicted molar refractivity (Wildman–Crippen MR) is 81.5 cm³/mol. The number of benzene rings is 1. The Labute approximate surface area is 125 Å². The third-order valence-electron chi connectivity index (χ3n) is 3.56. The Balaban J connectivity index is 2.02. The quantitative estimate of drug-likeness (QED) is 0.798. The van der Waals surface area contributed by atoms with Crippen molar-refractivity contribution < 1.29 is 9.53 Å². The summed E-state index contributed by atoms with van der Waals surface area (Å²) in [6.07, 6.45) is 1.00. The Kier molecular flexibility index (Phi) is 4.92. The lowest BCUT2D eigenvalue weighted by Crippen LogP contribution is -2.43. The fourth-order valence-corrected chi connectivity index (χ4v) is 2.61. The van der Waals surface area contributed by atoms with E-state index in [9.17, 15) is 4.79 Å². The molecule has 0 N–H and O–H groups in total. The van der Waals surface area contributed by atoms with Crippen molar-refractivity contribution in [3.8, 4) is 5.75 Å².